The van der Waals surface area contributed by atoms with E-state index in [0.29, 0.717) is 0 Å². The number of halogens is 1. The molecule has 0 aromatic heterocycles. The van der Waals surface area contributed by atoms with Crippen molar-refractivity contribution in [3.05, 3.63) is 0 Å². The first-order valence-electron chi connectivity index (χ1n) is 3.72. The molecule has 0 bridgehead atoms. The molecule has 0 fully saturated rings. The van der Waals surface area contributed by atoms with Crippen LogP contribution in [0.15, 0.2) is 0 Å². The molecule has 0 amide bonds. The Balaban J connectivity index is 4.17. The van der Waals surface area contributed by atoms with Crippen molar-refractivity contribution in [2.24, 2.45) is 11.3 Å². The number of alkyl halides is 1. The fraction of sp³-hybridized carbons (Fsp3) is 0.875. The maximum atomic E-state index is 10.7. The van der Waals surface area contributed by atoms with Gasteiger partial charge in [-0.3, -0.25) is 4.79 Å². The van der Waals surface area contributed by atoms with Crippen molar-refractivity contribution in [2.45, 2.75) is 27.2 Å². The van der Waals surface area contributed by atoms with E-state index in [1.165, 1.54) is 0 Å². The third kappa shape index (κ3) is 2.81. The Kier molecular flexibility index (Phi) is 4.08. The summed E-state index contributed by atoms with van der Waals surface area (Å²) < 4.78 is 0. The molecule has 0 aromatic rings. The normalized spacial score (nSPS) is 14.5. The second kappa shape index (κ2) is 4.10. The number of rotatable bonds is 4. The van der Waals surface area contributed by atoms with Gasteiger partial charge in [0.05, 0.1) is 5.41 Å². The van der Waals surface area contributed by atoms with Crippen LogP contribution in [-0.4, -0.2) is 16.4 Å². The van der Waals surface area contributed by atoms with E-state index < -0.39 is 11.4 Å². The molecular formula is C8H15BrO2. The van der Waals surface area contributed by atoms with Crippen LogP contribution in [0.2, 0.25) is 0 Å². The molecule has 0 aliphatic rings. The molecule has 1 unspecified atom stereocenters. The molecule has 0 heterocycles. The van der Waals surface area contributed by atoms with Gasteiger partial charge in [0.2, 0.25) is 0 Å². The minimum atomic E-state index is -0.717. The van der Waals surface area contributed by atoms with Crippen molar-refractivity contribution in [3.8, 4) is 0 Å². The SMILES string of the molecule is CC(CCBr)C(C)(C)C(=O)O. The second-order valence-electron chi connectivity index (χ2n) is 3.41. The first-order valence-corrected chi connectivity index (χ1v) is 4.84. The zero-order valence-electron chi connectivity index (χ0n) is 7.22. The van der Waals surface area contributed by atoms with Crippen LogP contribution >= 0.6 is 15.9 Å². The van der Waals surface area contributed by atoms with Crippen LogP contribution in [0.25, 0.3) is 0 Å². The lowest BCUT2D eigenvalue weighted by molar-refractivity contribution is -0.149. The van der Waals surface area contributed by atoms with Crippen LogP contribution in [0.3, 0.4) is 0 Å². The van der Waals surface area contributed by atoms with Crippen molar-refractivity contribution < 1.29 is 9.90 Å². The molecule has 11 heavy (non-hydrogen) atoms. The Hall–Kier alpha value is -0.0500. The van der Waals surface area contributed by atoms with Crippen molar-refractivity contribution >= 4 is 21.9 Å². The molecule has 0 spiro atoms. The smallest absolute Gasteiger partial charge is 0.309 e. The van der Waals surface area contributed by atoms with E-state index in [2.05, 4.69) is 15.9 Å². The highest BCUT2D eigenvalue weighted by Crippen LogP contribution is 2.29. The lowest BCUT2D eigenvalue weighted by atomic mass is 9.79. The van der Waals surface area contributed by atoms with Gasteiger partial charge in [0.15, 0.2) is 0 Å². The first-order chi connectivity index (χ1) is 4.92. The van der Waals surface area contributed by atoms with Crippen molar-refractivity contribution in [3.63, 3.8) is 0 Å². The van der Waals surface area contributed by atoms with Gasteiger partial charge in [-0.1, -0.05) is 22.9 Å². The number of carbonyl (C=O) groups is 1. The summed E-state index contributed by atoms with van der Waals surface area (Å²) in [4.78, 5) is 10.7. The van der Waals surface area contributed by atoms with Gasteiger partial charge in [-0.2, -0.15) is 0 Å². The summed E-state index contributed by atoms with van der Waals surface area (Å²) in [6.07, 6.45) is 0.902. The third-order valence-corrected chi connectivity index (χ3v) is 2.78. The summed E-state index contributed by atoms with van der Waals surface area (Å²) in [6, 6.07) is 0. The van der Waals surface area contributed by atoms with Gasteiger partial charge in [-0.05, 0) is 26.2 Å². The number of hydrogen-bond acceptors (Lipinski definition) is 1. The highest BCUT2D eigenvalue weighted by molar-refractivity contribution is 9.09. The zero-order chi connectivity index (χ0) is 9.07. The van der Waals surface area contributed by atoms with E-state index in [1.54, 1.807) is 13.8 Å². The molecule has 0 aromatic carbocycles. The molecule has 0 radical (unpaired) electrons. The summed E-state index contributed by atoms with van der Waals surface area (Å²) in [5.41, 5.74) is -0.603. The molecule has 0 rings (SSSR count). The molecule has 3 heteroatoms. The van der Waals surface area contributed by atoms with Crippen LogP contribution in [0, 0.1) is 11.3 Å². The van der Waals surface area contributed by atoms with Gasteiger partial charge in [0.25, 0.3) is 0 Å². The Morgan fingerprint density at radius 3 is 2.36 bits per heavy atom. The lowest BCUT2D eigenvalue weighted by Gasteiger charge is -2.26. The standard InChI is InChI=1S/C8H15BrO2/c1-6(4-5-9)8(2,3)7(10)11/h6H,4-5H2,1-3H3,(H,10,11). The number of hydrogen-bond donors (Lipinski definition) is 1. The van der Waals surface area contributed by atoms with E-state index >= 15 is 0 Å². The van der Waals surface area contributed by atoms with Crippen molar-refractivity contribution in [2.75, 3.05) is 5.33 Å². The molecule has 1 N–H and O–H groups in total. The lowest BCUT2D eigenvalue weighted by Crippen LogP contribution is -2.31. The Bertz CT molecular complexity index is 143. The van der Waals surface area contributed by atoms with E-state index in [9.17, 15) is 4.79 Å². The quantitative estimate of drug-likeness (QED) is 0.743. The Labute approximate surface area is 76.1 Å². The fourth-order valence-corrected chi connectivity index (χ4v) is 1.42. The molecule has 66 valence electrons. The van der Waals surface area contributed by atoms with Crippen LogP contribution in [0.4, 0.5) is 0 Å². The van der Waals surface area contributed by atoms with Crippen LogP contribution < -0.4 is 0 Å². The van der Waals surface area contributed by atoms with Crippen LogP contribution in [0.5, 0.6) is 0 Å². The van der Waals surface area contributed by atoms with E-state index in [-0.39, 0.29) is 5.92 Å². The molecule has 0 saturated heterocycles. The number of carboxylic acid groups (broad SMARTS) is 1. The van der Waals surface area contributed by atoms with Gasteiger partial charge in [0, 0.05) is 5.33 Å². The van der Waals surface area contributed by atoms with Gasteiger partial charge < -0.3 is 5.11 Å². The van der Waals surface area contributed by atoms with E-state index in [1.807, 2.05) is 6.92 Å². The maximum absolute atomic E-state index is 10.7. The van der Waals surface area contributed by atoms with E-state index in [4.69, 9.17) is 5.11 Å². The Morgan fingerprint density at radius 2 is 2.09 bits per heavy atom. The summed E-state index contributed by atoms with van der Waals surface area (Å²) in [6.45, 7) is 5.50. The van der Waals surface area contributed by atoms with Gasteiger partial charge in [0.1, 0.15) is 0 Å². The molecule has 0 aliphatic heterocycles. The largest absolute Gasteiger partial charge is 0.481 e. The minimum absolute atomic E-state index is 0.208. The van der Waals surface area contributed by atoms with Gasteiger partial charge in [-0.25, -0.2) is 0 Å². The highest BCUT2D eigenvalue weighted by Gasteiger charge is 2.32. The predicted octanol–water partition coefficient (Wildman–Crippen LogP) is 2.52. The predicted molar refractivity (Wildman–Crippen MR) is 49.0 cm³/mol. The number of carboxylic acids is 1. The summed E-state index contributed by atoms with van der Waals surface area (Å²) in [7, 11) is 0. The summed E-state index contributed by atoms with van der Waals surface area (Å²) >= 11 is 3.30. The van der Waals surface area contributed by atoms with Crippen molar-refractivity contribution in [1.29, 1.82) is 0 Å². The van der Waals surface area contributed by atoms with Gasteiger partial charge in [-0.15, -0.1) is 0 Å². The molecular weight excluding hydrogens is 208 g/mol. The molecule has 0 saturated carbocycles. The zero-order valence-corrected chi connectivity index (χ0v) is 8.81. The first kappa shape index (κ1) is 11.0. The minimum Gasteiger partial charge on any atom is -0.481 e. The average Bonchev–Trinajstić information content (AvgIpc) is 1.88. The fourth-order valence-electron chi connectivity index (χ4n) is 0.735. The molecule has 2 nitrogen and oxygen atoms in total. The summed E-state index contributed by atoms with van der Waals surface area (Å²) in [5, 5.41) is 9.69. The van der Waals surface area contributed by atoms with Crippen LogP contribution in [0.1, 0.15) is 27.2 Å². The Morgan fingerprint density at radius 1 is 1.64 bits per heavy atom. The maximum Gasteiger partial charge on any atom is 0.309 e. The summed E-state index contributed by atoms with van der Waals surface area (Å²) in [5.74, 6) is -0.509. The van der Waals surface area contributed by atoms with Gasteiger partial charge >= 0.3 is 5.97 Å². The monoisotopic (exact) mass is 222 g/mol. The third-order valence-electron chi connectivity index (χ3n) is 2.33. The molecule has 1 atom stereocenters. The highest BCUT2D eigenvalue weighted by atomic mass is 79.9. The van der Waals surface area contributed by atoms with Crippen LogP contribution in [-0.2, 0) is 4.79 Å². The molecule has 0 aliphatic carbocycles. The number of aliphatic carboxylic acids is 1. The average molecular weight is 223 g/mol. The van der Waals surface area contributed by atoms with Crippen molar-refractivity contribution in [1.82, 2.24) is 0 Å². The van der Waals surface area contributed by atoms with E-state index in [0.717, 1.165) is 11.8 Å². The second-order valence-corrected chi connectivity index (χ2v) is 4.20. The topological polar surface area (TPSA) is 37.3 Å².